The summed E-state index contributed by atoms with van der Waals surface area (Å²) in [6, 6.07) is 7.38. The number of benzene rings is 1. The van der Waals surface area contributed by atoms with Crippen LogP contribution in [0.3, 0.4) is 0 Å². The molecule has 3 rings (SSSR count). The summed E-state index contributed by atoms with van der Waals surface area (Å²) in [5.41, 5.74) is 0.846. The topological polar surface area (TPSA) is 80.8 Å². The van der Waals surface area contributed by atoms with Gasteiger partial charge in [0.25, 0.3) is 5.91 Å². The molecule has 1 aromatic heterocycles. The molecule has 6 nitrogen and oxygen atoms in total. The Morgan fingerprint density at radius 3 is 2.61 bits per heavy atom. The fourth-order valence-corrected chi connectivity index (χ4v) is 6.35. The minimum Gasteiger partial charge on any atom is -0.451 e. The van der Waals surface area contributed by atoms with E-state index >= 15 is 0 Å². The number of rotatable bonds is 6. The van der Waals surface area contributed by atoms with Crippen LogP contribution in [0.2, 0.25) is 0 Å². The molecule has 1 aromatic carbocycles. The fraction of sp³-hybridized carbons (Fsp3) is 0.500. The van der Waals surface area contributed by atoms with E-state index in [4.69, 9.17) is 4.74 Å². The van der Waals surface area contributed by atoms with Crippen LogP contribution in [0, 0.1) is 12.8 Å². The number of thiophene rings is 1. The SMILES string of the molecule is Cc1c(C(=O)OCC(=O)N(CC(C)C)[C@H]2CCS(=O)(=O)C2)sc2ccccc12. The second kappa shape index (κ2) is 8.21. The maximum Gasteiger partial charge on any atom is 0.349 e. The highest BCUT2D eigenvalue weighted by Crippen LogP contribution is 2.31. The Morgan fingerprint density at radius 1 is 1.29 bits per heavy atom. The molecule has 1 fully saturated rings. The van der Waals surface area contributed by atoms with E-state index in [0.29, 0.717) is 17.8 Å². The Morgan fingerprint density at radius 2 is 2.00 bits per heavy atom. The highest BCUT2D eigenvalue weighted by molar-refractivity contribution is 7.91. The van der Waals surface area contributed by atoms with Crippen molar-refractivity contribution < 1.29 is 22.7 Å². The zero-order chi connectivity index (χ0) is 20.5. The molecule has 0 saturated carbocycles. The molecule has 1 saturated heterocycles. The number of carbonyl (C=O) groups excluding carboxylic acids is 2. The summed E-state index contributed by atoms with van der Waals surface area (Å²) in [5, 5.41) is 1.00. The first kappa shape index (κ1) is 20.8. The van der Waals surface area contributed by atoms with Crippen molar-refractivity contribution in [2.45, 2.75) is 33.2 Å². The zero-order valence-electron chi connectivity index (χ0n) is 16.3. The summed E-state index contributed by atoms with van der Waals surface area (Å²) >= 11 is 1.35. The molecule has 0 bridgehead atoms. The van der Waals surface area contributed by atoms with E-state index in [9.17, 15) is 18.0 Å². The highest BCUT2D eigenvalue weighted by atomic mass is 32.2. The van der Waals surface area contributed by atoms with E-state index in [0.717, 1.165) is 15.6 Å². The van der Waals surface area contributed by atoms with E-state index in [1.165, 1.54) is 11.3 Å². The van der Waals surface area contributed by atoms with Gasteiger partial charge in [-0.15, -0.1) is 11.3 Å². The maximum atomic E-state index is 12.7. The minimum atomic E-state index is -3.10. The molecule has 28 heavy (non-hydrogen) atoms. The predicted molar refractivity (Wildman–Crippen MR) is 110 cm³/mol. The number of sulfone groups is 1. The third-order valence-electron chi connectivity index (χ3n) is 4.89. The number of amides is 1. The van der Waals surface area contributed by atoms with Gasteiger partial charge in [0, 0.05) is 17.3 Å². The predicted octanol–water partition coefficient (Wildman–Crippen LogP) is 3.04. The largest absolute Gasteiger partial charge is 0.451 e. The number of hydrogen-bond donors (Lipinski definition) is 0. The normalized spacial score (nSPS) is 18.5. The quantitative estimate of drug-likeness (QED) is 0.667. The smallest absolute Gasteiger partial charge is 0.349 e. The van der Waals surface area contributed by atoms with E-state index in [2.05, 4.69) is 0 Å². The Bertz CT molecular complexity index is 993. The Balaban J connectivity index is 1.69. The molecular formula is C20H25NO5S2. The monoisotopic (exact) mass is 423 g/mol. The lowest BCUT2D eigenvalue weighted by atomic mass is 10.1. The molecule has 0 N–H and O–H groups in total. The molecule has 2 heterocycles. The minimum absolute atomic E-state index is 0.0190. The average Bonchev–Trinajstić information content (AvgIpc) is 3.17. The van der Waals surface area contributed by atoms with Crippen molar-refractivity contribution >= 4 is 43.1 Å². The summed E-state index contributed by atoms with van der Waals surface area (Å²) in [7, 11) is -3.10. The van der Waals surface area contributed by atoms with Gasteiger partial charge in [0.05, 0.1) is 11.5 Å². The Kier molecular flexibility index (Phi) is 6.09. The average molecular weight is 424 g/mol. The molecule has 152 valence electrons. The number of fused-ring (bicyclic) bond motifs is 1. The third kappa shape index (κ3) is 4.55. The number of carbonyl (C=O) groups is 2. The number of esters is 1. The Labute approximate surface area is 169 Å². The van der Waals surface area contributed by atoms with Crippen LogP contribution in [0.5, 0.6) is 0 Å². The van der Waals surface area contributed by atoms with Gasteiger partial charge in [-0.25, -0.2) is 13.2 Å². The van der Waals surface area contributed by atoms with Crippen LogP contribution in [-0.2, 0) is 19.4 Å². The summed E-state index contributed by atoms with van der Waals surface area (Å²) in [6.45, 7) is 5.87. The standard InChI is InChI=1S/C20H25NO5S2/c1-13(2)10-21(15-8-9-28(24,25)12-15)18(22)11-26-20(23)19-14(3)16-6-4-5-7-17(16)27-19/h4-7,13,15H,8-12H2,1-3H3/t15-/m0/s1. The van der Waals surface area contributed by atoms with Gasteiger partial charge in [-0.2, -0.15) is 0 Å². The van der Waals surface area contributed by atoms with Gasteiger partial charge in [0.15, 0.2) is 16.4 Å². The first-order chi connectivity index (χ1) is 13.2. The van der Waals surface area contributed by atoms with Gasteiger partial charge in [-0.1, -0.05) is 32.0 Å². The van der Waals surface area contributed by atoms with Crippen molar-refractivity contribution in [3.63, 3.8) is 0 Å². The summed E-state index contributed by atoms with van der Waals surface area (Å²) < 4.78 is 29.9. The van der Waals surface area contributed by atoms with Crippen molar-refractivity contribution in [2.75, 3.05) is 24.7 Å². The van der Waals surface area contributed by atoms with Crippen molar-refractivity contribution in [1.82, 2.24) is 4.90 Å². The summed E-state index contributed by atoms with van der Waals surface area (Å²) in [5.74, 6) is -0.596. The van der Waals surface area contributed by atoms with Gasteiger partial charge >= 0.3 is 5.97 Å². The van der Waals surface area contributed by atoms with Crippen molar-refractivity contribution in [2.24, 2.45) is 5.92 Å². The van der Waals surface area contributed by atoms with Crippen LogP contribution < -0.4 is 0 Å². The molecule has 8 heteroatoms. The molecule has 1 aliphatic heterocycles. The molecule has 2 aromatic rings. The summed E-state index contributed by atoms with van der Waals surface area (Å²) in [6.07, 6.45) is 0.435. The van der Waals surface area contributed by atoms with Crippen LogP contribution in [0.4, 0.5) is 0 Å². The molecule has 1 aliphatic rings. The lowest BCUT2D eigenvalue weighted by molar-refractivity contribution is -0.137. The van der Waals surface area contributed by atoms with Crippen molar-refractivity contribution in [1.29, 1.82) is 0 Å². The molecule has 0 spiro atoms. The Hall–Kier alpha value is -1.93. The van der Waals surface area contributed by atoms with Crippen LogP contribution in [-0.4, -0.2) is 55.9 Å². The van der Waals surface area contributed by atoms with Gasteiger partial charge in [0.2, 0.25) is 0 Å². The third-order valence-corrected chi connectivity index (χ3v) is 7.89. The first-order valence-electron chi connectivity index (χ1n) is 9.33. The van der Waals surface area contributed by atoms with Crippen molar-refractivity contribution in [3.05, 3.63) is 34.7 Å². The van der Waals surface area contributed by atoms with Crippen LogP contribution in [0.1, 0.15) is 35.5 Å². The highest BCUT2D eigenvalue weighted by Gasteiger charge is 2.35. The number of ether oxygens (including phenoxy) is 1. The van der Waals surface area contributed by atoms with E-state index in [1.54, 1.807) is 4.90 Å². The van der Waals surface area contributed by atoms with Crippen LogP contribution >= 0.6 is 11.3 Å². The summed E-state index contributed by atoms with van der Waals surface area (Å²) in [4.78, 5) is 27.3. The number of nitrogens with zero attached hydrogens (tertiary/aromatic N) is 1. The lowest BCUT2D eigenvalue weighted by Gasteiger charge is -2.29. The first-order valence-corrected chi connectivity index (χ1v) is 12.0. The van der Waals surface area contributed by atoms with Gasteiger partial charge in [-0.05, 0) is 36.3 Å². The van der Waals surface area contributed by atoms with Gasteiger partial charge in [-0.3, -0.25) is 4.79 Å². The molecule has 0 radical (unpaired) electrons. The van der Waals surface area contributed by atoms with Crippen molar-refractivity contribution in [3.8, 4) is 0 Å². The second-order valence-electron chi connectivity index (χ2n) is 7.63. The number of hydrogen-bond acceptors (Lipinski definition) is 6. The van der Waals surface area contributed by atoms with Crippen LogP contribution in [0.15, 0.2) is 24.3 Å². The van der Waals surface area contributed by atoms with Gasteiger partial charge in [0.1, 0.15) is 4.88 Å². The van der Waals surface area contributed by atoms with E-state index in [1.807, 2.05) is 45.0 Å². The molecule has 0 unspecified atom stereocenters. The fourth-order valence-electron chi connectivity index (χ4n) is 3.51. The zero-order valence-corrected chi connectivity index (χ0v) is 17.9. The molecular weight excluding hydrogens is 398 g/mol. The lowest BCUT2D eigenvalue weighted by Crippen LogP contribution is -2.45. The number of aryl methyl sites for hydroxylation is 1. The van der Waals surface area contributed by atoms with E-state index < -0.39 is 15.8 Å². The van der Waals surface area contributed by atoms with Gasteiger partial charge < -0.3 is 9.64 Å². The second-order valence-corrected chi connectivity index (χ2v) is 10.9. The molecule has 0 aliphatic carbocycles. The van der Waals surface area contributed by atoms with Crippen LogP contribution in [0.25, 0.3) is 10.1 Å². The maximum absolute atomic E-state index is 12.7. The van der Waals surface area contributed by atoms with E-state index in [-0.39, 0.29) is 36.0 Å². The molecule has 1 atom stereocenters. The molecule has 1 amide bonds.